The summed E-state index contributed by atoms with van der Waals surface area (Å²) in [5, 5.41) is 21.8. The van der Waals surface area contributed by atoms with E-state index in [0.717, 1.165) is 61.6 Å². The van der Waals surface area contributed by atoms with Gasteiger partial charge in [0.25, 0.3) is 0 Å². The monoisotopic (exact) mass is 1100 g/mol. The molecule has 3 N–H and O–H groups in total. The van der Waals surface area contributed by atoms with Crippen LogP contribution in [0.15, 0.2) is 170 Å². The summed E-state index contributed by atoms with van der Waals surface area (Å²) in [7, 11) is 4.86. The second kappa shape index (κ2) is 25.3. The molecule has 11 rings (SSSR count). The fourth-order valence-corrected chi connectivity index (χ4v) is 9.12. The number of benzene rings is 7. The number of nitrogens with zero attached hydrogens (tertiary/aromatic N) is 6. The lowest BCUT2D eigenvalue weighted by molar-refractivity contribution is 0.0968. The van der Waals surface area contributed by atoms with Crippen LogP contribution in [0, 0.1) is 0 Å². The van der Waals surface area contributed by atoms with Crippen molar-refractivity contribution >= 4 is 56.8 Å². The molecule has 0 atom stereocenters. The maximum absolute atomic E-state index is 14.2. The Bertz CT molecular complexity index is 3840. The molecule has 4 aromatic heterocycles. The van der Waals surface area contributed by atoms with Crippen molar-refractivity contribution < 1.29 is 33.6 Å². The third-order valence-corrected chi connectivity index (χ3v) is 13.1. The minimum Gasteiger partial charge on any atom is -0.504 e. The summed E-state index contributed by atoms with van der Waals surface area (Å²) in [4.78, 5) is 43.1. The molecule has 15 nitrogen and oxygen atoms in total. The lowest BCUT2D eigenvalue weighted by Gasteiger charge is -2.11. The number of ether oxygens (including phenoxy) is 4. The Labute approximate surface area is 467 Å². The lowest BCUT2D eigenvalue weighted by atomic mass is 10.1. The van der Waals surface area contributed by atoms with Gasteiger partial charge in [0.15, 0.2) is 23.1 Å². The van der Waals surface area contributed by atoms with Crippen LogP contribution in [-0.2, 0) is 32.5 Å². The van der Waals surface area contributed by atoms with Gasteiger partial charge in [-0.3, -0.25) is 19.0 Å². The van der Waals surface area contributed by atoms with E-state index in [0.29, 0.717) is 63.1 Å². The molecule has 0 unspecified atom stereocenters. The van der Waals surface area contributed by atoms with Crippen LogP contribution in [-0.4, -0.2) is 77.5 Å². The number of aromatic nitrogens is 8. The summed E-state index contributed by atoms with van der Waals surface area (Å²) in [5.74, 6) is 3.04. The van der Waals surface area contributed by atoms with Crippen LogP contribution in [0.25, 0.3) is 44.6 Å². The molecule has 11 aromatic rings. The number of imidazole rings is 2. The number of ketones is 2. The number of methoxy groups -OCH3 is 3. The Morgan fingerprint density at radius 3 is 1.38 bits per heavy atom. The van der Waals surface area contributed by atoms with E-state index in [-0.39, 0.29) is 57.3 Å². The minimum absolute atomic E-state index is 0. The quantitative estimate of drug-likeness (QED) is 0.0695. The molecule has 0 bridgehead atoms. The highest BCUT2D eigenvalue weighted by Gasteiger charge is 2.28. The average molecular weight is 1100 g/mol. The number of aromatic hydroxyl groups is 1. The predicted octanol–water partition coefficient (Wildman–Crippen LogP) is 13.7. The molecule has 0 amide bonds. The summed E-state index contributed by atoms with van der Waals surface area (Å²) < 4.78 is 25.6. The third-order valence-electron chi connectivity index (χ3n) is 12.6. The van der Waals surface area contributed by atoms with E-state index in [4.69, 9.17) is 47.2 Å². The zero-order chi connectivity index (χ0) is 53.4. The average Bonchev–Trinajstić information content (AvgIpc) is 4.27. The minimum atomic E-state index is -0.300. The van der Waals surface area contributed by atoms with Gasteiger partial charge in [-0.15, -0.1) is 0 Å². The topological polar surface area (TPSA) is 184 Å². The normalized spacial score (nSPS) is 10.8. The van der Waals surface area contributed by atoms with Gasteiger partial charge < -0.3 is 34.0 Å². The fourth-order valence-electron chi connectivity index (χ4n) is 8.78. The Kier molecular flexibility index (Phi) is 18.0. The van der Waals surface area contributed by atoms with E-state index >= 15 is 0 Å². The van der Waals surface area contributed by atoms with Crippen LogP contribution in [0.5, 0.6) is 28.7 Å². The number of carbonyl (C=O) groups is 2. The number of fused-ring (bicyclic) bond motifs is 2. The molecule has 0 saturated heterocycles. The van der Waals surface area contributed by atoms with E-state index in [2.05, 4.69) is 25.0 Å². The number of halogens is 2. The van der Waals surface area contributed by atoms with Crippen molar-refractivity contribution in [3.05, 3.63) is 220 Å². The fraction of sp³-hybridized carbons (Fsp3) is 0.161. The highest BCUT2D eigenvalue weighted by Crippen LogP contribution is 2.36. The number of Topliss-reactive ketones (excluding diaryl/α,β-unsaturated/α-hetero) is 2. The molecule has 0 saturated carbocycles. The smallest absolute Gasteiger partial charge is 0.192 e. The molecule has 0 spiro atoms. The summed E-state index contributed by atoms with van der Waals surface area (Å²) in [6.07, 6.45) is -0.00384. The molecular formula is C62H58Cl2N8O7. The molecule has 402 valence electrons. The van der Waals surface area contributed by atoms with Gasteiger partial charge in [0.2, 0.25) is 0 Å². The second-order valence-corrected chi connectivity index (χ2v) is 18.7. The van der Waals surface area contributed by atoms with Crippen LogP contribution in [0.3, 0.4) is 0 Å². The van der Waals surface area contributed by atoms with Gasteiger partial charge in [-0.1, -0.05) is 135 Å². The van der Waals surface area contributed by atoms with Crippen LogP contribution in [0.2, 0.25) is 10.0 Å². The maximum Gasteiger partial charge on any atom is 0.192 e. The lowest BCUT2D eigenvalue weighted by Crippen LogP contribution is -2.15. The molecule has 0 radical (unpaired) electrons. The van der Waals surface area contributed by atoms with Crippen molar-refractivity contribution in [1.29, 1.82) is 0 Å². The van der Waals surface area contributed by atoms with Gasteiger partial charge in [0.05, 0.1) is 69.3 Å². The number of hydrogen-bond acceptors (Lipinski definition) is 11. The standard InChI is InChI=1S/C34H29ClN4O4.C26H21ClN4O3.2CH4/c1-41-26-13-8-22(9-14-26)20-39-33(30(40)19-31-36-28-17-12-25(35)18-29(28)37-31)34(32(38-39)24-6-4-3-5-7-24)43-21-23-10-15-27(42-2)16-11-23;1-34-19-10-7-16(8-11-19)15-31-25(26(33)24(30-31)17-5-3-2-4-6-17)22(32)14-23-28-20-12-9-18(27)13-21(20)29-23;;/h3-18H,19-21H2,1-2H3,(H,36,37);2-13,33H,14-15H2,1H3,(H,28,29);2*1H4. The molecule has 17 heteroatoms. The number of carbonyl (C=O) groups excluding carboxylic acids is 2. The van der Waals surface area contributed by atoms with Crippen LogP contribution in [0.4, 0.5) is 0 Å². The van der Waals surface area contributed by atoms with Crippen molar-refractivity contribution in [3.8, 4) is 51.3 Å². The first-order valence-electron chi connectivity index (χ1n) is 24.4. The number of aromatic amines is 2. The number of hydrogen-bond donors (Lipinski definition) is 3. The zero-order valence-electron chi connectivity index (χ0n) is 42.0. The van der Waals surface area contributed by atoms with Gasteiger partial charge >= 0.3 is 0 Å². The summed E-state index contributed by atoms with van der Waals surface area (Å²) in [6, 6.07) is 52.5. The van der Waals surface area contributed by atoms with Crippen LogP contribution in [0.1, 0.15) is 64.2 Å². The second-order valence-electron chi connectivity index (χ2n) is 17.8. The number of rotatable bonds is 18. The molecule has 0 aliphatic carbocycles. The van der Waals surface area contributed by atoms with Crippen molar-refractivity contribution in [2.45, 2.75) is 47.4 Å². The first kappa shape index (κ1) is 56.0. The predicted molar refractivity (Wildman–Crippen MR) is 310 cm³/mol. The Morgan fingerprint density at radius 2 is 0.924 bits per heavy atom. The largest absolute Gasteiger partial charge is 0.504 e. The summed E-state index contributed by atoms with van der Waals surface area (Å²) in [6.45, 7) is 0.898. The van der Waals surface area contributed by atoms with E-state index in [1.165, 1.54) is 0 Å². The van der Waals surface area contributed by atoms with Gasteiger partial charge in [-0.2, -0.15) is 10.2 Å². The molecule has 0 aliphatic heterocycles. The SMILES string of the molecule is C.C.COc1ccc(COc2c(-c3ccccc3)nn(Cc3ccc(OC)cc3)c2C(=O)Cc2nc3ccc(Cl)cc3[nH]2)cc1.COc1ccc(Cn2nc(-c3ccccc3)c(O)c2C(=O)Cc2nc3ccc(Cl)cc3[nH]2)cc1. The van der Waals surface area contributed by atoms with E-state index < -0.39 is 0 Å². The Hall–Kier alpha value is -9.18. The van der Waals surface area contributed by atoms with Gasteiger partial charge in [-0.05, 0) is 89.5 Å². The van der Waals surface area contributed by atoms with Crippen molar-refractivity contribution in [2.75, 3.05) is 21.3 Å². The Morgan fingerprint density at radius 1 is 0.519 bits per heavy atom. The van der Waals surface area contributed by atoms with Crippen LogP contribution >= 0.6 is 23.2 Å². The number of nitrogens with one attached hydrogen (secondary N) is 2. The molecular weight excluding hydrogens is 1040 g/mol. The van der Waals surface area contributed by atoms with Crippen molar-refractivity contribution in [3.63, 3.8) is 0 Å². The Balaban J connectivity index is 0.000000208. The first-order valence-corrected chi connectivity index (χ1v) is 25.2. The van der Waals surface area contributed by atoms with Crippen molar-refractivity contribution in [1.82, 2.24) is 39.5 Å². The molecule has 79 heavy (non-hydrogen) atoms. The summed E-state index contributed by atoms with van der Waals surface area (Å²) >= 11 is 12.2. The highest BCUT2D eigenvalue weighted by atomic mass is 35.5. The van der Waals surface area contributed by atoms with Gasteiger partial charge in [0.1, 0.15) is 58.3 Å². The zero-order valence-corrected chi connectivity index (χ0v) is 43.5. The van der Waals surface area contributed by atoms with Crippen molar-refractivity contribution in [2.24, 2.45) is 0 Å². The van der Waals surface area contributed by atoms with E-state index in [9.17, 15) is 14.7 Å². The molecule has 7 aromatic carbocycles. The molecule has 0 fully saturated rings. The van der Waals surface area contributed by atoms with Gasteiger partial charge in [-0.25, -0.2) is 9.97 Å². The van der Waals surface area contributed by atoms with Crippen LogP contribution < -0.4 is 18.9 Å². The van der Waals surface area contributed by atoms with Gasteiger partial charge in [0, 0.05) is 21.2 Å². The summed E-state index contributed by atoms with van der Waals surface area (Å²) in [5.41, 5.74) is 8.76. The van der Waals surface area contributed by atoms with E-state index in [1.54, 1.807) is 61.0 Å². The maximum atomic E-state index is 14.2. The first-order chi connectivity index (χ1) is 37.5. The van der Waals surface area contributed by atoms with E-state index in [1.807, 2.05) is 140 Å². The third kappa shape index (κ3) is 13.0. The highest BCUT2D eigenvalue weighted by molar-refractivity contribution is 6.31. The molecule has 4 heterocycles. The molecule has 0 aliphatic rings. The number of H-pyrrole nitrogens is 2.